The van der Waals surface area contributed by atoms with Crippen molar-refractivity contribution in [1.29, 1.82) is 0 Å². The Balaban J connectivity index is 2.38. The van der Waals surface area contributed by atoms with Crippen LogP contribution in [0.2, 0.25) is 0 Å². The van der Waals surface area contributed by atoms with Crippen molar-refractivity contribution in [2.24, 2.45) is 15.2 Å². The first-order chi connectivity index (χ1) is 6.79. The molecule has 1 aromatic carbocycles. The Morgan fingerprint density at radius 3 is 2.79 bits per heavy atom. The number of aliphatic imine (C=N–C) groups is 1. The van der Waals surface area contributed by atoms with Gasteiger partial charge in [0.05, 0.1) is 7.11 Å². The second-order valence-electron chi connectivity index (χ2n) is 2.65. The SMILES string of the molecule is COc1cccc(C2=NC(=S)N=N2)c1. The molecule has 70 valence electrons. The second kappa shape index (κ2) is 3.63. The first-order valence-corrected chi connectivity index (χ1v) is 4.39. The number of benzene rings is 1. The Morgan fingerprint density at radius 1 is 1.29 bits per heavy atom. The molecule has 1 heterocycles. The minimum absolute atomic E-state index is 0.266. The van der Waals surface area contributed by atoms with Gasteiger partial charge in [-0.2, -0.15) is 4.99 Å². The fourth-order valence-corrected chi connectivity index (χ4v) is 1.24. The van der Waals surface area contributed by atoms with E-state index < -0.39 is 0 Å². The quantitative estimate of drug-likeness (QED) is 0.695. The van der Waals surface area contributed by atoms with Crippen molar-refractivity contribution in [3.05, 3.63) is 29.8 Å². The number of rotatable bonds is 2. The minimum atomic E-state index is 0.266. The number of amidine groups is 1. The molecule has 0 radical (unpaired) electrons. The summed E-state index contributed by atoms with van der Waals surface area (Å²) >= 11 is 4.78. The van der Waals surface area contributed by atoms with E-state index in [9.17, 15) is 0 Å². The van der Waals surface area contributed by atoms with Gasteiger partial charge in [0.2, 0.25) is 5.11 Å². The van der Waals surface area contributed by atoms with Gasteiger partial charge in [-0.3, -0.25) is 0 Å². The molecular formula is C9H7N3OS. The van der Waals surface area contributed by atoms with Gasteiger partial charge in [0.15, 0.2) is 5.84 Å². The van der Waals surface area contributed by atoms with Gasteiger partial charge < -0.3 is 4.74 Å². The predicted octanol–water partition coefficient (Wildman–Crippen LogP) is 2.19. The fourth-order valence-electron chi connectivity index (χ4n) is 1.11. The van der Waals surface area contributed by atoms with Crippen LogP contribution in [0.4, 0.5) is 0 Å². The molecule has 0 fully saturated rings. The van der Waals surface area contributed by atoms with E-state index in [1.54, 1.807) is 7.11 Å². The van der Waals surface area contributed by atoms with Crippen LogP contribution in [0, 0.1) is 0 Å². The lowest BCUT2D eigenvalue weighted by Gasteiger charge is -2.00. The van der Waals surface area contributed by atoms with Crippen LogP contribution in [0.3, 0.4) is 0 Å². The maximum Gasteiger partial charge on any atom is 0.242 e. The third kappa shape index (κ3) is 1.67. The van der Waals surface area contributed by atoms with E-state index in [2.05, 4.69) is 15.2 Å². The highest BCUT2D eigenvalue weighted by Gasteiger charge is 2.09. The Morgan fingerprint density at radius 2 is 2.14 bits per heavy atom. The second-order valence-corrected chi connectivity index (χ2v) is 3.02. The summed E-state index contributed by atoms with van der Waals surface area (Å²) in [4.78, 5) is 3.99. The van der Waals surface area contributed by atoms with Gasteiger partial charge in [0, 0.05) is 5.56 Å². The van der Waals surface area contributed by atoms with Crippen LogP contribution in [0.1, 0.15) is 5.56 Å². The predicted molar refractivity (Wildman–Crippen MR) is 57.0 cm³/mol. The number of nitrogens with zero attached hydrogens (tertiary/aromatic N) is 3. The maximum atomic E-state index is 5.08. The van der Waals surface area contributed by atoms with Crippen LogP contribution in [0.15, 0.2) is 39.5 Å². The summed E-state index contributed by atoms with van der Waals surface area (Å²) in [5, 5.41) is 7.77. The summed E-state index contributed by atoms with van der Waals surface area (Å²) in [7, 11) is 1.61. The summed E-state index contributed by atoms with van der Waals surface area (Å²) in [6.45, 7) is 0. The van der Waals surface area contributed by atoms with Gasteiger partial charge in [0.25, 0.3) is 0 Å². The lowest BCUT2D eigenvalue weighted by molar-refractivity contribution is 0.414. The maximum absolute atomic E-state index is 5.08. The standard InChI is InChI=1S/C9H7N3OS/c1-13-7-4-2-3-6(5-7)8-10-9(14)12-11-8/h2-5H,1H3. The Bertz CT molecular complexity index is 439. The summed E-state index contributed by atoms with van der Waals surface area (Å²) in [6, 6.07) is 7.45. The summed E-state index contributed by atoms with van der Waals surface area (Å²) in [5.41, 5.74) is 0.855. The van der Waals surface area contributed by atoms with E-state index in [-0.39, 0.29) is 5.11 Å². The molecule has 0 saturated carbocycles. The molecule has 1 aliphatic heterocycles. The Kier molecular flexibility index (Phi) is 2.32. The highest BCUT2D eigenvalue weighted by molar-refractivity contribution is 7.80. The molecule has 1 aliphatic rings. The van der Waals surface area contributed by atoms with E-state index in [4.69, 9.17) is 17.0 Å². The van der Waals surface area contributed by atoms with Crippen LogP contribution in [0.5, 0.6) is 5.75 Å². The van der Waals surface area contributed by atoms with Crippen molar-refractivity contribution in [3.8, 4) is 5.75 Å². The molecule has 0 bridgehead atoms. The number of ether oxygens (including phenoxy) is 1. The van der Waals surface area contributed by atoms with Gasteiger partial charge >= 0.3 is 0 Å². The number of methoxy groups -OCH3 is 1. The molecule has 0 aromatic heterocycles. The van der Waals surface area contributed by atoms with Gasteiger partial charge in [-0.05, 0) is 24.4 Å². The van der Waals surface area contributed by atoms with Crippen molar-refractivity contribution < 1.29 is 4.74 Å². The zero-order chi connectivity index (χ0) is 9.97. The Hall–Kier alpha value is -1.62. The van der Waals surface area contributed by atoms with Crippen LogP contribution in [0.25, 0.3) is 0 Å². The molecule has 0 N–H and O–H groups in total. The van der Waals surface area contributed by atoms with Crippen LogP contribution < -0.4 is 4.74 Å². The van der Waals surface area contributed by atoms with Crippen molar-refractivity contribution in [3.63, 3.8) is 0 Å². The van der Waals surface area contributed by atoms with E-state index in [1.807, 2.05) is 24.3 Å². The molecule has 14 heavy (non-hydrogen) atoms. The summed E-state index contributed by atoms with van der Waals surface area (Å²) < 4.78 is 5.08. The molecule has 0 atom stereocenters. The molecule has 0 saturated heterocycles. The zero-order valence-corrected chi connectivity index (χ0v) is 8.28. The van der Waals surface area contributed by atoms with Crippen LogP contribution in [-0.2, 0) is 0 Å². The average molecular weight is 205 g/mol. The molecule has 1 aromatic rings. The van der Waals surface area contributed by atoms with E-state index >= 15 is 0 Å². The monoisotopic (exact) mass is 205 g/mol. The minimum Gasteiger partial charge on any atom is -0.497 e. The third-order valence-corrected chi connectivity index (χ3v) is 1.93. The van der Waals surface area contributed by atoms with Crippen molar-refractivity contribution in [2.45, 2.75) is 0 Å². The highest BCUT2D eigenvalue weighted by Crippen LogP contribution is 2.16. The smallest absolute Gasteiger partial charge is 0.242 e. The summed E-state index contributed by atoms with van der Waals surface area (Å²) in [5.74, 6) is 1.30. The molecular weight excluding hydrogens is 198 g/mol. The van der Waals surface area contributed by atoms with Crippen molar-refractivity contribution in [2.75, 3.05) is 7.11 Å². The first kappa shape index (κ1) is 8.96. The highest BCUT2D eigenvalue weighted by atomic mass is 32.1. The lowest BCUT2D eigenvalue weighted by atomic mass is 10.2. The lowest BCUT2D eigenvalue weighted by Crippen LogP contribution is -1.94. The number of hydrogen-bond donors (Lipinski definition) is 0. The molecule has 0 amide bonds. The molecule has 2 rings (SSSR count). The molecule has 0 unspecified atom stereocenters. The number of hydrogen-bond acceptors (Lipinski definition) is 3. The summed E-state index contributed by atoms with van der Waals surface area (Å²) in [6.07, 6.45) is 0. The first-order valence-electron chi connectivity index (χ1n) is 3.98. The van der Waals surface area contributed by atoms with Gasteiger partial charge in [-0.25, -0.2) is 0 Å². The fraction of sp³-hybridized carbons (Fsp3) is 0.111. The van der Waals surface area contributed by atoms with E-state index in [0.717, 1.165) is 11.3 Å². The third-order valence-electron chi connectivity index (χ3n) is 1.76. The van der Waals surface area contributed by atoms with Gasteiger partial charge in [-0.1, -0.05) is 12.1 Å². The van der Waals surface area contributed by atoms with Crippen molar-refractivity contribution >= 4 is 23.2 Å². The molecule has 5 heteroatoms. The van der Waals surface area contributed by atoms with Crippen LogP contribution in [-0.4, -0.2) is 18.1 Å². The average Bonchev–Trinajstić information content (AvgIpc) is 2.65. The normalized spacial score (nSPS) is 14.4. The topological polar surface area (TPSA) is 46.3 Å². The largest absolute Gasteiger partial charge is 0.497 e. The number of azo groups is 1. The van der Waals surface area contributed by atoms with Crippen LogP contribution >= 0.6 is 12.2 Å². The van der Waals surface area contributed by atoms with Crippen molar-refractivity contribution in [1.82, 2.24) is 0 Å². The number of thiocarbonyl (C=S) groups is 1. The van der Waals surface area contributed by atoms with E-state index in [0.29, 0.717) is 5.84 Å². The molecule has 0 aliphatic carbocycles. The molecule has 4 nitrogen and oxygen atoms in total. The van der Waals surface area contributed by atoms with Gasteiger partial charge in [0.1, 0.15) is 5.75 Å². The van der Waals surface area contributed by atoms with E-state index in [1.165, 1.54) is 0 Å². The zero-order valence-electron chi connectivity index (χ0n) is 7.47. The molecule has 0 spiro atoms. The Labute approximate surface area is 86.3 Å². The van der Waals surface area contributed by atoms with Gasteiger partial charge in [-0.15, -0.1) is 10.2 Å².